The van der Waals surface area contributed by atoms with E-state index < -0.39 is 26.6 Å². The highest BCUT2D eigenvalue weighted by molar-refractivity contribution is 9.10. The molecule has 0 bridgehead atoms. The van der Waals surface area contributed by atoms with E-state index in [0.717, 1.165) is 12.1 Å². The quantitative estimate of drug-likeness (QED) is 0.155. The molecule has 0 radical (unpaired) electrons. The molecule has 3 rings (SSSR count). The molecule has 9 nitrogen and oxygen atoms in total. The van der Waals surface area contributed by atoms with E-state index in [9.17, 15) is 28.6 Å². The standard InChI is InChI=1S/C22H14BrN3O6S/c23-20-12-15(11-16(14-24)22(27)25-17-5-2-1-3-6-17)9-10-21(20)32-33(30,31)19-8-4-7-18(13-19)26(28)29/h1-13H,(H,25,27)/b16-11+. The van der Waals surface area contributed by atoms with Crippen LogP contribution in [0, 0.1) is 21.4 Å². The van der Waals surface area contributed by atoms with Crippen molar-refractivity contribution in [3.8, 4) is 11.8 Å². The fraction of sp³-hybridized carbons (Fsp3) is 0. The Hall–Kier alpha value is -4.01. The van der Waals surface area contributed by atoms with Gasteiger partial charge in [-0.1, -0.05) is 30.3 Å². The number of benzene rings is 3. The molecule has 3 aromatic carbocycles. The lowest BCUT2D eigenvalue weighted by Gasteiger charge is -2.09. The number of amides is 1. The molecule has 0 spiro atoms. The van der Waals surface area contributed by atoms with Gasteiger partial charge in [-0.15, -0.1) is 0 Å². The monoisotopic (exact) mass is 527 g/mol. The van der Waals surface area contributed by atoms with E-state index in [1.165, 1.54) is 36.4 Å². The summed E-state index contributed by atoms with van der Waals surface area (Å²) in [5.41, 5.74) is 0.405. The summed E-state index contributed by atoms with van der Waals surface area (Å²) in [6.07, 6.45) is 1.34. The number of anilines is 1. The van der Waals surface area contributed by atoms with Gasteiger partial charge in [-0.05, 0) is 57.9 Å². The highest BCUT2D eigenvalue weighted by Gasteiger charge is 2.21. The first-order valence-corrected chi connectivity index (χ1v) is 11.4. The van der Waals surface area contributed by atoms with Crippen molar-refractivity contribution in [2.45, 2.75) is 4.90 Å². The van der Waals surface area contributed by atoms with Gasteiger partial charge >= 0.3 is 10.1 Å². The van der Waals surface area contributed by atoms with Crippen LogP contribution in [0.5, 0.6) is 5.75 Å². The zero-order chi connectivity index (χ0) is 24.0. The Morgan fingerprint density at radius 2 is 1.82 bits per heavy atom. The van der Waals surface area contributed by atoms with Crippen molar-refractivity contribution in [2.75, 3.05) is 5.32 Å². The molecule has 1 amide bonds. The Morgan fingerprint density at radius 1 is 1.09 bits per heavy atom. The molecule has 0 atom stereocenters. The lowest BCUT2D eigenvalue weighted by molar-refractivity contribution is -0.385. The fourth-order valence-electron chi connectivity index (χ4n) is 2.63. The van der Waals surface area contributed by atoms with Gasteiger partial charge in [0, 0.05) is 17.8 Å². The first-order valence-electron chi connectivity index (χ1n) is 9.16. The van der Waals surface area contributed by atoms with E-state index >= 15 is 0 Å². The number of nitriles is 1. The molecule has 0 aliphatic carbocycles. The maximum atomic E-state index is 12.5. The Labute approximate surface area is 197 Å². The number of nitro groups is 1. The second kappa shape index (κ2) is 10.1. The predicted octanol–water partition coefficient (Wildman–Crippen LogP) is 4.67. The summed E-state index contributed by atoms with van der Waals surface area (Å²) in [5, 5.41) is 22.9. The lowest BCUT2D eigenvalue weighted by atomic mass is 10.1. The molecular weight excluding hydrogens is 514 g/mol. The van der Waals surface area contributed by atoms with Crippen LogP contribution in [0.4, 0.5) is 11.4 Å². The predicted molar refractivity (Wildman–Crippen MR) is 124 cm³/mol. The van der Waals surface area contributed by atoms with E-state index in [2.05, 4.69) is 21.2 Å². The molecule has 0 aromatic heterocycles. The lowest BCUT2D eigenvalue weighted by Crippen LogP contribution is -2.13. The highest BCUT2D eigenvalue weighted by atomic mass is 79.9. The molecule has 1 N–H and O–H groups in total. The van der Waals surface area contributed by atoms with Crippen molar-refractivity contribution in [1.29, 1.82) is 5.26 Å². The summed E-state index contributed by atoms with van der Waals surface area (Å²) >= 11 is 3.20. The molecule has 11 heteroatoms. The smallest absolute Gasteiger partial charge is 0.339 e. The minimum absolute atomic E-state index is 0.0779. The number of carbonyl (C=O) groups is 1. The minimum Gasteiger partial charge on any atom is -0.378 e. The van der Waals surface area contributed by atoms with Gasteiger partial charge in [0.2, 0.25) is 0 Å². The van der Waals surface area contributed by atoms with Crippen LogP contribution >= 0.6 is 15.9 Å². The van der Waals surface area contributed by atoms with Crippen LogP contribution in [-0.4, -0.2) is 19.2 Å². The average Bonchev–Trinajstić information content (AvgIpc) is 2.79. The maximum absolute atomic E-state index is 12.5. The highest BCUT2D eigenvalue weighted by Crippen LogP contribution is 2.30. The molecule has 3 aromatic rings. The van der Waals surface area contributed by atoms with Crippen LogP contribution in [0.2, 0.25) is 0 Å². The van der Waals surface area contributed by atoms with Gasteiger partial charge in [0.25, 0.3) is 11.6 Å². The van der Waals surface area contributed by atoms with E-state index in [0.29, 0.717) is 11.3 Å². The van der Waals surface area contributed by atoms with Gasteiger partial charge in [-0.2, -0.15) is 13.7 Å². The summed E-state index contributed by atoms with van der Waals surface area (Å²) in [5.74, 6) is -0.681. The molecule has 0 aliphatic heterocycles. The van der Waals surface area contributed by atoms with E-state index in [4.69, 9.17) is 4.18 Å². The number of hydrogen-bond acceptors (Lipinski definition) is 7. The van der Waals surface area contributed by atoms with Gasteiger partial charge in [0.15, 0.2) is 5.75 Å². The number of para-hydroxylation sites is 1. The first kappa shape index (κ1) is 23.6. The van der Waals surface area contributed by atoms with E-state index in [1.54, 1.807) is 30.3 Å². The zero-order valence-electron chi connectivity index (χ0n) is 16.6. The molecule has 0 aliphatic rings. The van der Waals surface area contributed by atoms with Crippen molar-refractivity contribution < 1.29 is 22.3 Å². The second-order valence-electron chi connectivity index (χ2n) is 6.47. The van der Waals surface area contributed by atoms with Crippen LogP contribution in [0.15, 0.2) is 87.7 Å². The molecule has 0 saturated heterocycles. The molecular formula is C22H14BrN3O6S. The SMILES string of the molecule is N#C/C(=C\c1ccc(OS(=O)(=O)c2cccc([N+](=O)[O-])c2)c(Br)c1)C(=O)Nc1ccccc1. The van der Waals surface area contributed by atoms with Crippen LogP contribution in [0.25, 0.3) is 6.08 Å². The molecule has 0 unspecified atom stereocenters. The number of nitro benzene ring substituents is 1. The maximum Gasteiger partial charge on any atom is 0.339 e. The van der Waals surface area contributed by atoms with Crippen molar-refractivity contribution in [1.82, 2.24) is 0 Å². The van der Waals surface area contributed by atoms with Gasteiger partial charge in [0.1, 0.15) is 16.5 Å². The third-order valence-electron chi connectivity index (χ3n) is 4.18. The minimum atomic E-state index is -4.35. The van der Waals surface area contributed by atoms with Crippen molar-refractivity contribution in [3.63, 3.8) is 0 Å². The summed E-state index contributed by atoms with van der Waals surface area (Å²) < 4.78 is 30.4. The van der Waals surface area contributed by atoms with Crippen molar-refractivity contribution >= 4 is 49.4 Å². The summed E-state index contributed by atoms with van der Waals surface area (Å²) in [4.78, 5) is 22.2. The van der Waals surface area contributed by atoms with Crippen molar-refractivity contribution in [2.24, 2.45) is 0 Å². The number of non-ortho nitro benzene ring substituents is 1. The summed E-state index contributed by atoms with van der Waals surface area (Å²) in [6, 6.07) is 19.2. The average molecular weight is 528 g/mol. The van der Waals surface area contributed by atoms with Gasteiger partial charge in [-0.3, -0.25) is 14.9 Å². The number of nitrogens with zero attached hydrogens (tertiary/aromatic N) is 2. The zero-order valence-corrected chi connectivity index (χ0v) is 19.0. The van der Waals surface area contributed by atoms with E-state index in [1.807, 2.05) is 6.07 Å². The Bertz CT molecular complexity index is 1400. The third kappa shape index (κ3) is 6.03. The Balaban J connectivity index is 1.82. The fourth-order valence-corrected chi connectivity index (χ4v) is 4.20. The molecule has 0 heterocycles. The number of nitrogens with one attached hydrogen (secondary N) is 1. The van der Waals surface area contributed by atoms with Crippen LogP contribution < -0.4 is 9.50 Å². The number of hydrogen-bond donors (Lipinski definition) is 1. The molecule has 33 heavy (non-hydrogen) atoms. The van der Waals surface area contributed by atoms with Gasteiger partial charge in [0.05, 0.1) is 9.40 Å². The van der Waals surface area contributed by atoms with Crippen molar-refractivity contribution in [3.05, 3.63) is 98.5 Å². The van der Waals surface area contributed by atoms with Gasteiger partial charge in [-0.25, -0.2) is 0 Å². The topological polar surface area (TPSA) is 139 Å². The van der Waals surface area contributed by atoms with E-state index in [-0.39, 0.29) is 20.7 Å². The van der Waals surface area contributed by atoms with Gasteiger partial charge < -0.3 is 9.50 Å². The first-order chi connectivity index (χ1) is 15.7. The Kier molecular flexibility index (Phi) is 7.22. The molecule has 166 valence electrons. The number of carbonyl (C=O) groups excluding carboxylic acids is 1. The third-order valence-corrected chi connectivity index (χ3v) is 6.03. The number of halogens is 1. The normalized spacial score (nSPS) is 11.3. The Morgan fingerprint density at radius 3 is 2.45 bits per heavy atom. The van der Waals surface area contributed by atoms with Crippen LogP contribution in [0.3, 0.4) is 0 Å². The summed E-state index contributed by atoms with van der Waals surface area (Å²) in [7, 11) is -4.35. The largest absolute Gasteiger partial charge is 0.378 e. The van der Waals surface area contributed by atoms with Crippen LogP contribution in [-0.2, 0) is 14.9 Å². The second-order valence-corrected chi connectivity index (χ2v) is 8.87. The summed E-state index contributed by atoms with van der Waals surface area (Å²) in [6.45, 7) is 0. The molecule has 0 fully saturated rings. The molecule has 0 saturated carbocycles. The number of rotatable bonds is 7. The van der Waals surface area contributed by atoms with Crippen LogP contribution in [0.1, 0.15) is 5.56 Å².